The maximum absolute atomic E-state index is 5.79. The lowest BCUT2D eigenvalue weighted by Crippen LogP contribution is -2.38. The Morgan fingerprint density at radius 2 is 2.00 bits per heavy atom. The van der Waals surface area contributed by atoms with E-state index in [4.69, 9.17) is 4.74 Å². The van der Waals surface area contributed by atoms with E-state index in [1.807, 2.05) is 0 Å². The fraction of sp³-hybridized carbons (Fsp3) is 0.818. The van der Waals surface area contributed by atoms with Crippen LogP contribution in [-0.4, -0.2) is 12.2 Å². The van der Waals surface area contributed by atoms with Crippen molar-refractivity contribution in [3.8, 4) is 0 Å². The van der Waals surface area contributed by atoms with Crippen LogP contribution in [-0.2, 0) is 4.74 Å². The Morgan fingerprint density at radius 3 is 2.67 bits per heavy atom. The lowest BCUT2D eigenvalue weighted by atomic mass is 9.67. The first-order valence-electron chi connectivity index (χ1n) is 4.90. The first-order valence-corrected chi connectivity index (χ1v) is 4.90. The monoisotopic (exact) mass is 166 g/mol. The number of hydrogen-bond donors (Lipinski definition) is 0. The third kappa shape index (κ3) is 1.03. The molecule has 0 bridgehead atoms. The van der Waals surface area contributed by atoms with Crippen molar-refractivity contribution in [3.05, 3.63) is 11.6 Å². The highest BCUT2D eigenvalue weighted by molar-refractivity contribution is 5.28. The van der Waals surface area contributed by atoms with Gasteiger partial charge in [-0.3, -0.25) is 0 Å². The summed E-state index contributed by atoms with van der Waals surface area (Å²) >= 11 is 0. The van der Waals surface area contributed by atoms with E-state index in [1.54, 1.807) is 5.57 Å². The van der Waals surface area contributed by atoms with Gasteiger partial charge in [0.15, 0.2) is 0 Å². The van der Waals surface area contributed by atoms with Gasteiger partial charge in [-0.2, -0.15) is 0 Å². The van der Waals surface area contributed by atoms with Crippen molar-refractivity contribution < 1.29 is 4.74 Å². The van der Waals surface area contributed by atoms with Gasteiger partial charge in [0.1, 0.15) is 0 Å². The van der Waals surface area contributed by atoms with Gasteiger partial charge in [-0.1, -0.05) is 19.9 Å². The van der Waals surface area contributed by atoms with Gasteiger partial charge in [0.2, 0.25) is 0 Å². The van der Waals surface area contributed by atoms with Crippen LogP contribution in [0.2, 0.25) is 0 Å². The van der Waals surface area contributed by atoms with Gasteiger partial charge in [-0.25, -0.2) is 0 Å². The van der Waals surface area contributed by atoms with Gasteiger partial charge in [-0.15, -0.1) is 0 Å². The molecule has 68 valence electrons. The van der Waals surface area contributed by atoms with E-state index in [9.17, 15) is 0 Å². The zero-order valence-corrected chi connectivity index (χ0v) is 8.31. The second-order valence-electron chi connectivity index (χ2n) is 4.90. The quantitative estimate of drug-likeness (QED) is 0.503. The molecule has 1 aliphatic heterocycles. The fourth-order valence-electron chi connectivity index (χ4n) is 2.80. The molecule has 0 amide bonds. The van der Waals surface area contributed by atoms with Crippen LogP contribution < -0.4 is 0 Å². The van der Waals surface area contributed by atoms with Crippen molar-refractivity contribution in [2.75, 3.05) is 6.61 Å². The molecule has 1 heterocycles. The molecule has 1 saturated carbocycles. The molecule has 1 fully saturated rings. The Balaban J connectivity index is 2.35. The topological polar surface area (TPSA) is 9.23 Å². The van der Waals surface area contributed by atoms with Crippen LogP contribution >= 0.6 is 0 Å². The Kier molecular flexibility index (Phi) is 1.63. The van der Waals surface area contributed by atoms with Crippen LogP contribution in [0.15, 0.2) is 11.6 Å². The Bertz CT molecular complexity index is 227. The zero-order chi connectivity index (χ0) is 8.82. The number of rotatable bonds is 0. The second-order valence-corrected chi connectivity index (χ2v) is 4.90. The van der Waals surface area contributed by atoms with E-state index < -0.39 is 0 Å². The molecule has 12 heavy (non-hydrogen) atoms. The first-order chi connectivity index (χ1) is 5.55. The average molecular weight is 166 g/mol. The van der Waals surface area contributed by atoms with Crippen molar-refractivity contribution >= 4 is 0 Å². The summed E-state index contributed by atoms with van der Waals surface area (Å²) in [5.74, 6) is 0. The third-order valence-electron chi connectivity index (χ3n) is 3.44. The summed E-state index contributed by atoms with van der Waals surface area (Å²) in [5.41, 5.74) is 2.01. The number of hydrogen-bond acceptors (Lipinski definition) is 1. The second kappa shape index (κ2) is 2.35. The maximum Gasteiger partial charge on any atom is 0.0873 e. The lowest BCUT2D eigenvalue weighted by molar-refractivity contribution is -0.00229. The third-order valence-corrected chi connectivity index (χ3v) is 3.44. The van der Waals surface area contributed by atoms with E-state index in [0.29, 0.717) is 5.41 Å². The number of ether oxygens (including phenoxy) is 1. The molecule has 0 saturated heterocycles. The molecule has 1 heteroatoms. The standard InChI is InChI=1S/C11H18O/c1-10(2)6-4-7-11(3)9(10)5-8-12-11/h5H,4,6-8H2,1-3H3. The molecule has 0 aromatic carbocycles. The molecule has 0 spiro atoms. The molecule has 2 rings (SSSR count). The van der Waals surface area contributed by atoms with Gasteiger partial charge in [-0.05, 0) is 37.2 Å². The zero-order valence-electron chi connectivity index (χ0n) is 8.31. The van der Waals surface area contributed by atoms with Crippen molar-refractivity contribution in [1.29, 1.82) is 0 Å². The first kappa shape index (κ1) is 8.31. The van der Waals surface area contributed by atoms with Gasteiger partial charge in [0.25, 0.3) is 0 Å². The van der Waals surface area contributed by atoms with Crippen molar-refractivity contribution in [2.45, 2.75) is 45.6 Å². The predicted octanol–water partition coefficient (Wildman–Crippen LogP) is 2.91. The molecule has 1 atom stereocenters. The number of fused-ring (bicyclic) bond motifs is 1. The lowest BCUT2D eigenvalue weighted by Gasteiger charge is -2.42. The average Bonchev–Trinajstić information content (AvgIpc) is 2.31. The normalized spacial score (nSPS) is 39.1. The minimum absolute atomic E-state index is 0.0851. The highest BCUT2D eigenvalue weighted by Gasteiger charge is 2.44. The van der Waals surface area contributed by atoms with E-state index in [1.165, 1.54) is 19.3 Å². The molecule has 0 N–H and O–H groups in total. The maximum atomic E-state index is 5.79. The molecular weight excluding hydrogens is 148 g/mol. The highest BCUT2D eigenvalue weighted by atomic mass is 16.5. The molecule has 2 aliphatic rings. The summed E-state index contributed by atoms with van der Waals surface area (Å²) in [7, 11) is 0. The summed E-state index contributed by atoms with van der Waals surface area (Å²) in [6, 6.07) is 0. The predicted molar refractivity (Wildman–Crippen MR) is 50.1 cm³/mol. The molecule has 0 aromatic rings. The van der Waals surface area contributed by atoms with E-state index in [0.717, 1.165) is 6.61 Å². The van der Waals surface area contributed by atoms with E-state index >= 15 is 0 Å². The van der Waals surface area contributed by atoms with Crippen molar-refractivity contribution in [1.82, 2.24) is 0 Å². The van der Waals surface area contributed by atoms with E-state index in [2.05, 4.69) is 26.8 Å². The fourth-order valence-corrected chi connectivity index (χ4v) is 2.80. The minimum Gasteiger partial charge on any atom is -0.367 e. The van der Waals surface area contributed by atoms with Gasteiger partial charge >= 0.3 is 0 Å². The van der Waals surface area contributed by atoms with Crippen molar-refractivity contribution in [3.63, 3.8) is 0 Å². The van der Waals surface area contributed by atoms with Crippen molar-refractivity contribution in [2.24, 2.45) is 5.41 Å². The minimum atomic E-state index is 0.0851. The van der Waals surface area contributed by atoms with Gasteiger partial charge < -0.3 is 4.74 Å². The SMILES string of the molecule is CC1(C)CCCC2(C)OCC=C12. The Hall–Kier alpha value is -0.300. The molecular formula is C11H18O. The molecule has 1 unspecified atom stereocenters. The summed E-state index contributed by atoms with van der Waals surface area (Å²) in [6.07, 6.45) is 6.13. The van der Waals surface area contributed by atoms with Crippen LogP contribution in [0.1, 0.15) is 40.0 Å². The summed E-state index contributed by atoms with van der Waals surface area (Å²) in [6.45, 7) is 7.75. The molecule has 1 nitrogen and oxygen atoms in total. The Labute approximate surface area is 74.8 Å². The summed E-state index contributed by atoms with van der Waals surface area (Å²) in [5, 5.41) is 0. The smallest absolute Gasteiger partial charge is 0.0873 e. The summed E-state index contributed by atoms with van der Waals surface area (Å²) < 4.78 is 5.79. The van der Waals surface area contributed by atoms with Gasteiger partial charge in [0.05, 0.1) is 12.2 Å². The van der Waals surface area contributed by atoms with Crippen LogP contribution in [0.25, 0.3) is 0 Å². The van der Waals surface area contributed by atoms with Crippen LogP contribution in [0.5, 0.6) is 0 Å². The largest absolute Gasteiger partial charge is 0.367 e. The van der Waals surface area contributed by atoms with E-state index in [-0.39, 0.29) is 5.60 Å². The molecule has 1 aliphatic carbocycles. The van der Waals surface area contributed by atoms with Crippen LogP contribution in [0.4, 0.5) is 0 Å². The Morgan fingerprint density at radius 1 is 1.25 bits per heavy atom. The van der Waals surface area contributed by atoms with Gasteiger partial charge in [0, 0.05) is 0 Å². The van der Waals surface area contributed by atoms with Crippen LogP contribution in [0, 0.1) is 5.41 Å². The molecule has 0 radical (unpaired) electrons. The van der Waals surface area contributed by atoms with Crippen LogP contribution in [0.3, 0.4) is 0 Å². The molecule has 0 aromatic heterocycles. The highest BCUT2D eigenvalue weighted by Crippen LogP contribution is 2.49. The summed E-state index contributed by atoms with van der Waals surface area (Å²) in [4.78, 5) is 0.